The predicted molar refractivity (Wildman–Crippen MR) is 53.9 cm³/mol. The Morgan fingerprint density at radius 1 is 1.18 bits per heavy atom. The monoisotopic (exact) mass is 210 g/mol. The third kappa shape index (κ3) is 2.19. The van der Waals surface area contributed by atoms with Crippen LogP contribution >= 0.6 is 15.9 Å². The van der Waals surface area contributed by atoms with Gasteiger partial charge in [-0.25, -0.2) is 0 Å². The van der Waals surface area contributed by atoms with Gasteiger partial charge in [-0.2, -0.15) is 0 Å². The summed E-state index contributed by atoms with van der Waals surface area (Å²) in [5.41, 5.74) is 3.73. The Labute approximate surface area is 76.1 Å². The van der Waals surface area contributed by atoms with Gasteiger partial charge in [0.15, 0.2) is 0 Å². The summed E-state index contributed by atoms with van der Waals surface area (Å²) < 4.78 is 0.948. The molecule has 58 valence electrons. The molecule has 11 heavy (non-hydrogen) atoms. The van der Waals surface area contributed by atoms with E-state index in [9.17, 15) is 0 Å². The zero-order chi connectivity index (χ0) is 8.43. The molecule has 0 aliphatic rings. The van der Waals surface area contributed by atoms with Crippen molar-refractivity contribution in [1.29, 1.82) is 0 Å². The lowest BCUT2D eigenvalue weighted by Crippen LogP contribution is -1.81. The molecule has 0 aliphatic carbocycles. The van der Waals surface area contributed by atoms with Crippen LogP contribution in [-0.4, -0.2) is 0 Å². The zero-order valence-corrected chi connectivity index (χ0v) is 8.40. The highest BCUT2D eigenvalue weighted by Crippen LogP contribution is 2.20. The van der Waals surface area contributed by atoms with Gasteiger partial charge >= 0.3 is 0 Å². The largest absolute Gasteiger partial charge is 0.0841 e. The second kappa shape index (κ2) is 3.22. The van der Waals surface area contributed by atoms with Gasteiger partial charge in [-0.3, -0.25) is 0 Å². The number of halogens is 1. The van der Waals surface area contributed by atoms with E-state index in [0.29, 0.717) is 0 Å². The average molecular weight is 211 g/mol. The van der Waals surface area contributed by atoms with E-state index in [-0.39, 0.29) is 0 Å². The van der Waals surface area contributed by atoms with Crippen molar-refractivity contribution in [2.45, 2.75) is 13.8 Å². The van der Waals surface area contributed by atoms with E-state index >= 15 is 0 Å². The van der Waals surface area contributed by atoms with Crippen molar-refractivity contribution in [3.05, 3.63) is 41.5 Å². The molecule has 0 saturated carbocycles. The maximum Gasteiger partial charge on any atom is 0.0176 e. The number of hydrogen-bond donors (Lipinski definition) is 0. The SMILES string of the molecule is C=C(Br)c1cc(C)cc(C)c1. The van der Waals surface area contributed by atoms with Crippen LogP contribution in [0.15, 0.2) is 24.8 Å². The van der Waals surface area contributed by atoms with Crippen LogP contribution in [0.2, 0.25) is 0 Å². The summed E-state index contributed by atoms with van der Waals surface area (Å²) in [5, 5.41) is 0. The molecular formula is C10H11Br. The molecule has 1 heteroatoms. The normalized spacial score (nSPS) is 9.73. The summed E-state index contributed by atoms with van der Waals surface area (Å²) in [6.45, 7) is 8.00. The highest BCUT2D eigenvalue weighted by molar-refractivity contribution is 9.15. The van der Waals surface area contributed by atoms with Gasteiger partial charge in [-0.05, 0) is 19.4 Å². The molecule has 0 N–H and O–H groups in total. The summed E-state index contributed by atoms with van der Waals surface area (Å²) in [6.07, 6.45) is 0. The molecule has 0 fully saturated rings. The smallest absolute Gasteiger partial charge is 0.0176 e. The summed E-state index contributed by atoms with van der Waals surface area (Å²) >= 11 is 3.36. The van der Waals surface area contributed by atoms with E-state index in [1.54, 1.807) is 0 Å². The van der Waals surface area contributed by atoms with Crippen LogP contribution < -0.4 is 0 Å². The minimum absolute atomic E-state index is 0.948. The Balaban J connectivity index is 3.19. The van der Waals surface area contributed by atoms with Crippen molar-refractivity contribution < 1.29 is 0 Å². The lowest BCUT2D eigenvalue weighted by molar-refractivity contribution is 1.37. The van der Waals surface area contributed by atoms with Crippen LogP contribution in [0.1, 0.15) is 16.7 Å². The molecule has 0 spiro atoms. The number of hydrogen-bond acceptors (Lipinski definition) is 0. The highest BCUT2D eigenvalue weighted by atomic mass is 79.9. The summed E-state index contributed by atoms with van der Waals surface area (Å²) in [6, 6.07) is 6.38. The predicted octanol–water partition coefficient (Wildman–Crippen LogP) is 3.67. The molecule has 0 radical (unpaired) electrons. The first-order chi connectivity index (χ1) is 5.09. The van der Waals surface area contributed by atoms with Gasteiger partial charge in [-0.1, -0.05) is 51.8 Å². The third-order valence-electron chi connectivity index (χ3n) is 1.53. The van der Waals surface area contributed by atoms with Gasteiger partial charge in [0.05, 0.1) is 0 Å². The Hall–Kier alpha value is -0.560. The fourth-order valence-corrected chi connectivity index (χ4v) is 1.36. The van der Waals surface area contributed by atoms with Crippen molar-refractivity contribution in [2.75, 3.05) is 0 Å². The maximum atomic E-state index is 3.82. The van der Waals surface area contributed by atoms with Crippen molar-refractivity contribution in [2.24, 2.45) is 0 Å². The molecule has 0 bridgehead atoms. The van der Waals surface area contributed by atoms with Crippen molar-refractivity contribution >= 4 is 20.4 Å². The average Bonchev–Trinajstić information content (AvgIpc) is 1.85. The van der Waals surface area contributed by atoms with Gasteiger partial charge in [0.2, 0.25) is 0 Å². The Kier molecular flexibility index (Phi) is 2.50. The second-order valence-electron chi connectivity index (χ2n) is 2.78. The molecule has 1 aromatic rings. The van der Waals surface area contributed by atoms with E-state index in [1.807, 2.05) is 0 Å². The Bertz CT molecular complexity index is 267. The molecule has 1 rings (SSSR count). The molecule has 0 atom stereocenters. The second-order valence-corrected chi connectivity index (χ2v) is 3.74. The number of benzene rings is 1. The molecule has 0 unspecified atom stereocenters. The van der Waals surface area contributed by atoms with Crippen LogP contribution in [0.3, 0.4) is 0 Å². The minimum atomic E-state index is 0.948. The first-order valence-corrected chi connectivity index (χ1v) is 4.32. The van der Waals surface area contributed by atoms with Gasteiger partial charge in [0, 0.05) is 4.48 Å². The number of rotatable bonds is 1. The first-order valence-electron chi connectivity index (χ1n) is 3.52. The van der Waals surface area contributed by atoms with Crippen LogP contribution in [-0.2, 0) is 0 Å². The van der Waals surface area contributed by atoms with Crippen LogP contribution in [0.5, 0.6) is 0 Å². The fraction of sp³-hybridized carbons (Fsp3) is 0.200. The molecule has 0 aliphatic heterocycles. The van der Waals surface area contributed by atoms with E-state index in [2.05, 4.69) is 54.6 Å². The topological polar surface area (TPSA) is 0 Å². The quantitative estimate of drug-likeness (QED) is 0.664. The molecule has 0 nitrogen and oxygen atoms in total. The molecule has 0 heterocycles. The first kappa shape index (κ1) is 8.54. The Morgan fingerprint density at radius 3 is 2.00 bits per heavy atom. The summed E-state index contributed by atoms with van der Waals surface area (Å²) in [4.78, 5) is 0. The molecule has 0 aromatic heterocycles. The van der Waals surface area contributed by atoms with Crippen molar-refractivity contribution in [3.8, 4) is 0 Å². The van der Waals surface area contributed by atoms with Gasteiger partial charge in [0.25, 0.3) is 0 Å². The zero-order valence-electron chi connectivity index (χ0n) is 6.82. The van der Waals surface area contributed by atoms with Crippen molar-refractivity contribution in [3.63, 3.8) is 0 Å². The van der Waals surface area contributed by atoms with Crippen LogP contribution in [0.4, 0.5) is 0 Å². The summed E-state index contributed by atoms with van der Waals surface area (Å²) in [7, 11) is 0. The van der Waals surface area contributed by atoms with Gasteiger partial charge in [0.1, 0.15) is 0 Å². The number of aryl methyl sites for hydroxylation is 2. The van der Waals surface area contributed by atoms with E-state index in [0.717, 1.165) is 4.48 Å². The molecule has 1 aromatic carbocycles. The third-order valence-corrected chi connectivity index (χ3v) is 1.99. The maximum absolute atomic E-state index is 3.82. The van der Waals surface area contributed by atoms with E-state index in [4.69, 9.17) is 0 Å². The fourth-order valence-electron chi connectivity index (χ4n) is 1.13. The van der Waals surface area contributed by atoms with Crippen LogP contribution in [0, 0.1) is 13.8 Å². The van der Waals surface area contributed by atoms with Crippen LogP contribution in [0.25, 0.3) is 4.48 Å². The lowest BCUT2D eigenvalue weighted by Gasteiger charge is -2.01. The molecular weight excluding hydrogens is 200 g/mol. The van der Waals surface area contributed by atoms with E-state index in [1.165, 1.54) is 16.7 Å². The highest BCUT2D eigenvalue weighted by Gasteiger charge is 1.95. The Morgan fingerprint density at radius 2 is 1.64 bits per heavy atom. The molecule has 0 amide bonds. The lowest BCUT2D eigenvalue weighted by atomic mass is 10.1. The standard InChI is InChI=1S/C10H11Br/c1-7-4-8(2)6-10(5-7)9(3)11/h4-6H,3H2,1-2H3. The molecule has 0 saturated heterocycles. The van der Waals surface area contributed by atoms with Gasteiger partial charge < -0.3 is 0 Å². The van der Waals surface area contributed by atoms with E-state index < -0.39 is 0 Å². The van der Waals surface area contributed by atoms with Gasteiger partial charge in [-0.15, -0.1) is 0 Å². The van der Waals surface area contributed by atoms with Crippen molar-refractivity contribution in [1.82, 2.24) is 0 Å². The minimum Gasteiger partial charge on any atom is -0.0841 e. The summed E-state index contributed by atoms with van der Waals surface area (Å²) in [5.74, 6) is 0.